The molecule has 2 saturated heterocycles. The highest BCUT2D eigenvalue weighted by molar-refractivity contribution is 7.84. The van der Waals surface area contributed by atoms with Gasteiger partial charge < -0.3 is 4.90 Å². The predicted octanol–water partition coefficient (Wildman–Crippen LogP) is 0.376. The third-order valence-corrected chi connectivity index (χ3v) is 5.39. The number of fused-ring (bicyclic) bond motifs is 1. The van der Waals surface area contributed by atoms with Gasteiger partial charge in [0.1, 0.15) is 6.04 Å². The first-order chi connectivity index (χ1) is 9.89. The van der Waals surface area contributed by atoms with Gasteiger partial charge in [0.2, 0.25) is 5.91 Å². The normalized spacial score (nSPS) is 25.3. The number of hydrogen-bond acceptors (Lipinski definition) is 5. The van der Waals surface area contributed by atoms with Crippen molar-refractivity contribution in [1.29, 1.82) is 0 Å². The Bertz CT molecular complexity index is 710. The van der Waals surface area contributed by atoms with Crippen molar-refractivity contribution < 1.29 is 22.6 Å². The number of β-lactam (4-membered cyclic amide) rings is 1. The summed E-state index contributed by atoms with van der Waals surface area (Å²) in [7, 11) is -4.54. The fourth-order valence-electron chi connectivity index (χ4n) is 2.70. The fraction of sp³-hybridized carbons (Fsp3) is 0.333. The van der Waals surface area contributed by atoms with E-state index in [1.54, 1.807) is 6.08 Å². The van der Waals surface area contributed by atoms with Crippen LogP contribution in [0, 0.1) is 0 Å². The zero-order valence-electron chi connectivity index (χ0n) is 10.7. The highest BCUT2D eigenvalue weighted by Gasteiger charge is 2.59. The number of carbonyl (C=O) groups is 2. The van der Waals surface area contributed by atoms with Gasteiger partial charge in [-0.1, -0.05) is 6.07 Å². The molecule has 2 atom stereocenters. The molecule has 1 aromatic heterocycles. The molecular weight excluding hydrogens is 316 g/mol. The van der Waals surface area contributed by atoms with Gasteiger partial charge in [0.05, 0.1) is 6.04 Å². The number of amides is 2. The van der Waals surface area contributed by atoms with Gasteiger partial charge in [-0.15, -0.1) is 11.3 Å². The Morgan fingerprint density at radius 2 is 2.24 bits per heavy atom. The van der Waals surface area contributed by atoms with Crippen molar-refractivity contribution >= 4 is 39.5 Å². The van der Waals surface area contributed by atoms with E-state index in [4.69, 9.17) is 4.55 Å². The first-order valence-corrected chi connectivity index (χ1v) is 8.50. The topological polar surface area (TPSA) is 95.0 Å². The van der Waals surface area contributed by atoms with E-state index in [-0.39, 0.29) is 5.91 Å². The van der Waals surface area contributed by atoms with Crippen molar-refractivity contribution in [2.45, 2.75) is 18.5 Å². The molecule has 7 nitrogen and oxygen atoms in total. The molecule has 0 saturated carbocycles. The van der Waals surface area contributed by atoms with E-state index in [1.165, 1.54) is 22.3 Å². The van der Waals surface area contributed by atoms with E-state index in [9.17, 15) is 18.0 Å². The molecule has 0 aliphatic carbocycles. The smallest absolute Gasteiger partial charge is 0.325 e. The first kappa shape index (κ1) is 14.2. The molecule has 1 unspecified atom stereocenters. The van der Waals surface area contributed by atoms with Gasteiger partial charge in [0, 0.05) is 17.5 Å². The van der Waals surface area contributed by atoms with Gasteiger partial charge in [-0.3, -0.25) is 14.1 Å². The van der Waals surface area contributed by atoms with Crippen molar-refractivity contribution in [2.24, 2.45) is 0 Å². The number of nitrogens with zero attached hydrogens (tertiary/aromatic N) is 2. The fourth-order valence-corrected chi connectivity index (χ4v) is 4.21. The molecule has 0 radical (unpaired) electrons. The maximum absolute atomic E-state index is 12.1. The first-order valence-electron chi connectivity index (χ1n) is 6.22. The Balaban J connectivity index is 1.72. The summed E-state index contributed by atoms with van der Waals surface area (Å²) in [5.74, 6) is -1.09. The quantitative estimate of drug-likeness (QED) is 0.491. The SMILES string of the molecule is O=C(/C=C/c1cccs1)N1CCC2[C@H]1C(=O)N2S(=O)(=O)O. The van der Waals surface area contributed by atoms with E-state index in [1.807, 2.05) is 17.5 Å². The molecule has 9 heteroatoms. The van der Waals surface area contributed by atoms with E-state index in [0.717, 1.165) is 4.88 Å². The van der Waals surface area contributed by atoms with Crippen LogP contribution in [0.25, 0.3) is 6.08 Å². The Hall–Kier alpha value is -1.71. The van der Waals surface area contributed by atoms with Crippen LogP contribution in [0.3, 0.4) is 0 Å². The molecule has 3 heterocycles. The van der Waals surface area contributed by atoms with E-state index < -0.39 is 28.3 Å². The maximum Gasteiger partial charge on any atom is 0.362 e. The standard InChI is InChI=1S/C12H12N2O5S2/c15-10(4-3-8-2-1-7-20-8)13-6-5-9-11(13)12(16)14(9)21(17,18)19/h1-4,7,9,11H,5-6H2,(H,17,18,19)/b4-3+/t9?,11-/m0/s1. The predicted molar refractivity (Wildman–Crippen MR) is 75.7 cm³/mol. The molecule has 2 aliphatic rings. The largest absolute Gasteiger partial charge is 0.362 e. The Morgan fingerprint density at radius 3 is 2.86 bits per heavy atom. The maximum atomic E-state index is 12.1. The number of hydrogen-bond donors (Lipinski definition) is 1. The van der Waals surface area contributed by atoms with Crippen molar-refractivity contribution in [2.75, 3.05) is 6.54 Å². The molecular formula is C12H12N2O5S2. The molecule has 0 spiro atoms. The van der Waals surface area contributed by atoms with Crippen molar-refractivity contribution in [1.82, 2.24) is 9.21 Å². The molecule has 2 fully saturated rings. The summed E-state index contributed by atoms with van der Waals surface area (Å²) in [4.78, 5) is 26.2. The van der Waals surface area contributed by atoms with Crippen LogP contribution in [0.2, 0.25) is 0 Å². The monoisotopic (exact) mass is 328 g/mol. The van der Waals surface area contributed by atoms with E-state index in [2.05, 4.69) is 0 Å². The minimum atomic E-state index is -4.54. The average Bonchev–Trinajstić information content (AvgIpc) is 3.00. The van der Waals surface area contributed by atoms with Crippen molar-refractivity contribution in [3.8, 4) is 0 Å². The summed E-state index contributed by atoms with van der Waals surface area (Å²) in [5, 5.41) is 1.88. The number of carbonyl (C=O) groups excluding carboxylic acids is 2. The van der Waals surface area contributed by atoms with Crippen molar-refractivity contribution in [3.05, 3.63) is 28.5 Å². The highest BCUT2D eigenvalue weighted by atomic mass is 32.2. The van der Waals surface area contributed by atoms with Gasteiger partial charge in [-0.25, -0.2) is 4.31 Å². The van der Waals surface area contributed by atoms with Crippen LogP contribution in [0.15, 0.2) is 23.6 Å². The van der Waals surface area contributed by atoms with Gasteiger partial charge in [0.25, 0.3) is 5.91 Å². The molecule has 21 heavy (non-hydrogen) atoms. The van der Waals surface area contributed by atoms with Crippen LogP contribution in [0.5, 0.6) is 0 Å². The van der Waals surface area contributed by atoms with Crippen LogP contribution in [-0.4, -0.2) is 52.6 Å². The van der Waals surface area contributed by atoms with Gasteiger partial charge in [-0.2, -0.15) is 8.42 Å². The minimum absolute atomic E-state index is 0.292. The summed E-state index contributed by atoms with van der Waals surface area (Å²) in [6, 6.07) is 2.29. The molecule has 1 N–H and O–H groups in total. The molecule has 2 aliphatic heterocycles. The molecule has 1 aromatic rings. The Labute approximate surface area is 125 Å². The molecule has 112 valence electrons. The van der Waals surface area contributed by atoms with Crippen LogP contribution in [0.1, 0.15) is 11.3 Å². The average molecular weight is 328 g/mol. The zero-order chi connectivity index (χ0) is 15.2. The van der Waals surface area contributed by atoms with Crippen LogP contribution < -0.4 is 0 Å². The third-order valence-electron chi connectivity index (χ3n) is 3.60. The molecule has 0 bridgehead atoms. The zero-order valence-corrected chi connectivity index (χ0v) is 12.4. The number of thiophene rings is 1. The minimum Gasteiger partial charge on any atom is -0.325 e. The van der Waals surface area contributed by atoms with Gasteiger partial charge in [-0.05, 0) is 23.9 Å². The number of rotatable bonds is 3. The summed E-state index contributed by atoms with van der Waals surface area (Å²) < 4.78 is 31.6. The lowest BCUT2D eigenvalue weighted by molar-refractivity contribution is -0.149. The second kappa shape index (κ2) is 4.93. The second-order valence-corrected chi connectivity index (χ2v) is 7.06. The van der Waals surface area contributed by atoms with Gasteiger partial charge in [0.15, 0.2) is 0 Å². The van der Waals surface area contributed by atoms with Crippen LogP contribution in [0.4, 0.5) is 0 Å². The summed E-state index contributed by atoms with van der Waals surface area (Å²) in [6.45, 7) is 0.292. The lowest BCUT2D eigenvalue weighted by atomic mass is 10.0. The third kappa shape index (κ3) is 2.37. The molecule has 3 rings (SSSR count). The van der Waals surface area contributed by atoms with Crippen LogP contribution in [-0.2, 0) is 19.9 Å². The highest BCUT2D eigenvalue weighted by Crippen LogP contribution is 2.35. The lowest BCUT2D eigenvalue weighted by Gasteiger charge is -2.42. The van der Waals surface area contributed by atoms with Crippen molar-refractivity contribution in [3.63, 3.8) is 0 Å². The Kier molecular flexibility index (Phi) is 3.34. The molecule has 0 aromatic carbocycles. The molecule has 2 amide bonds. The van der Waals surface area contributed by atoms with Gasteiger partial charge >= 0.3 is 10.3 Å². The van der Waals surface area contributed by atoms with Crippen LogP contribution >= 0.6 is 11.3 Å². The summed E-state index contributed by atoms with van der Waals surface area (Å²) in [6.07, 6.45) is 3.37. The lowest BCUT2D eigenvalue weighted by Crippen LogP contribution is -2.68. The van der Waals surface area contributed by atoms with E-state index >= 15 is 0 Å². The summed E-state index contributed by atoms with van der Waals surface area (Å²) >= 11 is 1.48. The second-order valence-electron chi connectivity index (χ2n) is 4.79. The number of likely N-dealkylation sites (tertiary alicyclic amines) is 1. The summed E-state index contributed by atoms with van der Waals surface area (Å²) in [5.41, 5.74) is 0. The Morgan fingerprint density at radius 1 is 1.48 bits per heavy atom. The van der Waals surface area contributed by atoms with E-state index in [0.29, 0.717) is 17.3 Å².